The molecule has 0 aliphatic carbocycles. The number of rotatable bonds is 5. The number of carbonyl (C=O) groups excluding carboxylic acids is 1. The summed E-state index contributed by atoms with van der Waals surface area (Å²) in [5.41, 5.74) is 3.91. The van der Waals surface area contributed by atoms with Crippen LogP contribution in [0.2, 0.25) is 0 Å². The van der Waals surface area contributed by atoms with Crippen LogP contribution in [-0.4, -0.2) is 31.1 Å². The molecule has 0 aliphatic rings. The maximum Gasteiger partial charge on any atom is 0.183 e. The Labute approximate surface area is 125 Å². The zero-order valence-electron chi connectivity index (χ0n) is 13.3. The van der Waals surface area contributed by atoms with Crippen LogP contribution >= 0.6 is 0 Å². The largest absolute Gasteiger partial charge is 0.497 e. The summed E-state index contributed by atoms with van der Waals surface area (Å²) in [4.78, 5) is 14.4. The van der Waals surface area contributed by atoms with E-state index in [2.05, 4.69) is 0 Å². The molecule has 0 unspecified atom stereocenters. The van der Waals surface area contributed by atoms with Gasteiger partial charge in [0.05, 0.1) is 13.7 Å². The average Bonchev–Trinajstić information content (AvgIpc) is 2.75. The van der Waals surface area contributed by atoms with Crippen LogP contribution in [0.25, 0.3) is 0 Å². The molecule has 112 valence electrons. The number of ketones is 1. The van der Waals surface area contributed by atoms with E-state index in [0.29, 0.717) is 6.54 Å². The van der Waals surface area contributed by atoms with E-state index >= 15 is 0 Å². The fourth-order valence-corrected chi connectivity index (χ4v) is 2.37. The number of hydrogen-bond acceptors (Lipinski definition) is 3. The van der Waals surface area contributed by atoms with E-state index in [1.54, 1.807) is 7.11 Å². The summed E-state index contributed by atoms with van der Waals surface area (Å²) in [6.45, 7) is 4.35. The van der Waals surface area contributed by atoms with Crippen molar-refractivity contribution in [3.8, 4) is 5.75 Å². The van der Waals surface area contributed by atoms with Gasteiger partial charge in [0.2, 0.25) is 0 Å². The lowest BCUT2D eigenvalue weighted by molar-refractivity contribution is 0.0999. The molecule has 2 rings (SSSR count). The van der Waals surface area contributed by atoms with Crippen molar-refractivity contribution >= 4 is 11.5 Å². The van der Waals surface area contributed by atoms with Crippen molar-refractivity contribution in [1.82, 2.24) is 4.57 Å². The third-order valence-corrected chi connectivity index (χ3v) is 3.97. The molecule has 1 heterocycles. The molecule has 0 spiro atoms. The second-order valence-electron chi connectivity index (χ2n) is 5.32. The number of methoxy groups -OCH3 is 1. The Bertz CT molecular complexity index is 642. The highest BCUT2D eigenvalue weighted by atomic mass is 16.5. The summed E-state index contributed by atoms with van der Waals surface area (Å²) in [6.07, 6.45) is 0. The number of nitrogens with zero attached hydrogens (tertiary/aromatic N) is 2. The zero-order chi connectivity index (χ0) is 15.6. The lowest BCUT2D eigenvalue weighted by atomic mass is 10.1. The first-order chi connectivity index (χ1) is 9.93. The molecule has 1 aromatic heterocycles. The molecular formula is C17H22N2O2. The number of likely N-dealkylation sites (N-methyl/N-ethyl adjacent to an activating group) is 1. The van der Waals surface area contributed by atoms with Crippen LogP contribution in [0, 0.1) is 13.8 Å². The first-order valence-electron chi connectivity index (χ1n) is 6.95. The molecule has 21 heavy (non-hydrogen) atoms. The SMILES string of the molecule is COc1ccc(N(C)CC(=O)c2cc(C)n(C)c2C)cc1. The predicted molar refractivity (Wildman–Crippen MR) is 85.5 cm³/mol. The Balaban J connectivity index is 2.12. The molecule has 0 aliphatic heterocycles. The summed E-state index contributed by atoms with van der Waals surface area (Å²) in [7, 11) is 5.54. The zero-order valence-corrected chi connectivity index (χ0v) is 13.3. The molecule has 2 aromatic rings. The molecule has 0 bridgehead atoms. The van der Waals surface area contributed by atoms with Gasteiger partial charge in [-0.3, -0.25) is 4.79 Å². The molecule has 0 fully saturated rings. The van der Waals surface area contributed by atoms with Gasteiger partial charge in [0.15, 0.2) is 5.78 Å². The van der Waals surface area contributed by atoms with E-state index < -0.39 is 0 Å². The number of hydrogen-bond donors (Lipinski definition) is 0. The van der Waals surface area contributed by atoms with Gasteiger partial charge in [-0.1, -0.05) is 0 Å². The van der Waals surface area contributed by atoms with E-state index in [1.807, 2.05) is 67.7 Å². The van der Waals surface area contributed by atoms with Gasteiger partial charge in [-0.15, -0.1) is 0 Å². The Morgan fingerprint density at radius 2 is 1.86 bits per heavy atom. The first kappa shape index (κ1) is 15.2. The van der Waals surface area contributed by atoms with Gasteiger partial charge in [-0.05, 0) is 44.2 Å². The van der Waals surface area contributed by atoms with Crippen molar-refractivity contribution in [3.05, 3.63) is 47.3 Å². The summed E-state index contributed by atoms with van der Waals surface area (Å²) >= 11 is 0. The van der Waals surface area contributed by atoms with Gasteiger partial charge in [0.1, 0.15) is 5.75 Å². The van der Waals surface area contributed by atoms with Crippen LogP contribution in [0.1, 0.15) is 21.7 Å². The average molecular weight is 286 g/mol. The summed E-state index contributed by atoms with van der Waals surface area (Å²) in [5, 5.41) is 0. The van der Waals surface area contributed by atoms with E-state index in [4.69, 9.17) is 4.74 Å². The number of carbonyl (C=O) groups is 1. The van der Waals surface area contributed by atoms with Crippen LogP contribution < -0.4 is 9.64 Å². The van der Waals surface area contributed by atoms with Gasteiger partial charge < -0.3 is 14.2 Å². The monoisotopic (exact) mass is 286 g/mol. The minimum atomic E-state index is 0.134. The van der Waals surface area contributed by atoms with Crippen LogP contribution in [-0.2, 0) is 7.05 Å². The van der Waals surface area contributed by atoms with Crippen molar-refractivity contribution in [3.63, 3.8) is 0 Å². The lowest BCUT2D eigenvalue weighted by Crippen LogP contribution is -2.25. The third-order valence-electron chi connectivity index (χ3n) is 3.97. The molecule has 0 N–H and O–H groups in total. The smallest absolute Gasteiger partial charge is 0.183 e. The highest BCUT2D eigenvalue weighted by Crippen LogP contribution is 2.19. The maximum atomic E-state index is 12.5. The molecule has 4 heteroatoms. The van der Waals surface area contributed by atoms with E-state index in [9.17, 15) is 4.79 Å². The molecular weight excluding hydrogens is 264 g/mol. The number of Topliss-reactive ketones (excluding diaryl/α,β-unsaturated/α-hetero) is 1. The summed E-state index contributed by atoms with van der Waals surface area (Å²) < 4.78 is 7.19. The Kier molecular flexibility index (Phi) is 4.36. The molecule has 0 saturated carbocycles. The molecule has 0 saturated heterocycles. The number of ether oxygens (including phenoxy) is 1. The highest BCUT2D eigenvalue weighted by molar-refractivity contribution is 6.00. The summed E-state index contributed by atoms with van der Waals surface area (Å²) in [6, 6.07) is 9.66. The standard InChI is InChI=1S/C17H22N2O2/c1-12-10-16(13(2)19(12)4)17(20)11-18(3)14-6-8-15(21-5)9-7-14/h6-10H,11H2,1-5H3. The quantitative estimate of drug-likeness (QED) is 0.793. The highest BCUT2D eigenvalue weighted by Gasteiger charge is 2.16. The van der Waals surface area contributed by atoms with Crippen molar-refractivity contribution in [2.45, 2.75) is 13.8 Å². The van der Waals surface area contributed by atoms with E-state index in [-0.39, 0.29) is 5.78 Å². The van der Waals surface area contributed by atoms with Gasteiger partial charge in [0, 0.05) is 36.7 Å². The molecule has 1 aromatic carbocycles. The van der Waals surface area contributed by atoms with Gasteiger partial charge in [0.25, 0.3) is 0 Å². The Morgan fingerprint density at radius 1 is 1.24 bits per heavy atom. The van der Waals surface area contributed by atoms with Crippen molar-refractivity contribution in [1.29, 1.82) is 0 Å². The molecule has 0 atom stereocenters. The minimum absolute atomic E-state index is 0.134. The predicted octanol–water partition coefficient (Wildman–Crippen LogP) is 2.97. The minimum Gasteiger partial charge on any atom is -0.497 e. The molecule has 4 nitrogen and oxygen atoms in total. The second-order valence-corrected chi connectivity index (χ2v) is 5.32. The summed E-state index contributed by atoms with van der Waals surface area (Å²) in [5.74, 6) is 0.947. The number of benzene rings is 1. The van der Waals surface area contributed by atoms with Gasteiger partial charge in [-0.25, -0.2) is 0 Å². The number of anilines is 1. The maximum absolute atomic E-state index is 12.5. The Morgan fingerprint density at radius 3 is 2.33 bits per heavy atom. The second kappa shape index (κ2) is 6.04. The first-order valence-corrected chi connectivity index (χ1v) is 6.95. The van der Waals surface area contributed by atoms with Gasteiger partial charge in [-0.2, -0.15) is 0 Å². The van der Waals surface area contributed by atoms with Crippen LogP contribution in [0.5, 0.6) is 5.75 Å². The Hall–Kier alpha value is -2.23. The topological polar surface area (TPSA) is 34.5 Å². The number of aromatic nitrogens is 1. The van der Waals surface area contributed by atoms with Crippen molar-refractivity contribution in [2.24, 2.45) is 7.05 Å². The van der Waals surface area contributed by atoms with Crippen molar-refractivity contribution in [2.75, 3.05) is 25.6 Å². The van der Waals surface area contributed by atoms with E-state index in [1.165, 1.54) is 0 Å². The lowest BCUT2D eigenvalue weighted by Gasteiger charge is -2.18. The van der Waals surface area contributed by atoms with Crippen LogP contribution in [0.15, 0.2) is 30.3 Å². The molecule has 0 amide bonds. The third kappa shape index (κ3) is 3.10. The van der Waals surface area contributed by atoms with Gasteiger partial charge >= 0.3 is 0 Å². The van der Waals surface area contributed by atoms with Crippen molar-refractivity contribution < 1.29 is 9.53 Å². The number of aryl methyl sites for hydroxylation is 1. The van der Waals surface area contributed by atoms with Crippen LogP contribution in [0.3, 0.4) is 0 Å². The molecule has 0 radical (unpaired) electrons. The normalized spacial score (nSPS) is 10.5. The fraction of sp³-hybridized carbons (Fsp3) is 0.353. The van der Waals surface area contributed by atoms with Crippen LogP contribution in [0.4, 0.5) is 5.69 Å². The fourth-order valence-electron chi connectivity index (χ4n) is 2.37. The van der Waals surface area contributed by atoms with E-state index in [0.717, 1.165) is 28.4 Å².